The van der Waals surface area contributed by atoms with Gasteiger partial charge in [0, 0.05) is 12.2 Å². The van der Waals surface area contributed by atoms with Crippen LogP contribution < -0.4 is 15.8 Å². The van der Waals surface area contributed by atoms with Crippen molar-refractivity contribution in [1.82, 2.24) is 5.32 Å². The number of nitrogens with two attached hydrogens (primary N) is 1. The van der Waals surface area contributed by atoms with Crippen LogP contribution in [0.1, 0.15) is 11.1 Å². The van der Waals surface area contributed by atoms with Gasteiger partial charge in [0.25, 0.3) is 0 Å². The van der Waals surface area contributed by atoms with Crippen molar-refractivity contribution in [3.05, 3.63) is 59.7 Å². The summed E-state index contributed by atoms with van der Waals surface area (Å²) in [5.74, 6) is 0.952. The molecule has 0 spiro atoms. The average molecular weight is 256 g/mol. The monoisotopic (exact) mass is 256 g/mol. The van der Waals surface area contributed by atoms with Gasteiger partial charge >= 0.3 is 0 Å². The molecule has 0 heterocycles. The van der Waals surface area contributed by atoms with E-state index in [1.165, 1.54) is 11.1 Å². The molecule has 0 unspecified atom stereocenters. The Morgan fingerprint density at radius 3 is 2.74 bits per heavy atom. The fourth-order valence-corrected chi connectivity index (χ4v) is 2.07. The van der Waals surface area contributed by atoms with Gasteiger partial charge in [-0.15, -0.1) is 0 Å². The third-order valence-corrected chi connectivity index (χ3v) is 3.04. The minimum Gasteiger partial charge on any atom is -0.496 e. The maximum absolute atomic E-state index is 5.75. The molecule has 0 bridgehead atoms. The van der Waals surface area contributed by atoms with E-state index in [1.54, 1.807) is 7.11 Å². The quantitative estimate of drug-likeness (QED) is 0.617. The van der Waals surface area contributed by atoms with E-state index in [9.17, 15) is 0 Å². The summed E-state index contributed by atoms with van der Waals surface area (Å²) in [6.45, 7) is 1.75. The average Bonchev–Trinajstić information content (AvgIpc) is 2.44. The van der Waals surface area contributed by atoms with Gasteiger partial charge in [0.1, 0.15) is 5.75 Å². The van der Waals surface area contributed by atoms with Gasteiger partial charge in [-0.1, -0.05) is 30.3 Å². The fraction of sp³-hybridized carbons (Fsp3) is 0.250. The van der Waals surface area contributed by atoms with Crippen LogP contribution in [0.25, 0.3) is 0 Å². The lowest BCUT2D eigenvalue weighted by Crippen LogP contribution is -2.17. The maximum atomic E-state index is 5.75. The van der Waals surface area contributed by atoms with Crippen molar-refractivity contribution in [3.63, 3.8) is 0 Å². The van der Waals surface area contributed by atoms with Crippen LogP contribution in [0.15, 0.2) is 48.5 Å². The molecule has 0 aliphatic rings. The van der Waals surface area contributed by atoms with Gasteiger partial charge in [-0.05, 0) is 42.3 Å². The Balaban J connectivity index is 1.81. The molecule has 0 fully saturated rings. The molecule has 0 saturated heterocycles. The summed E-state index contributed by atoms with van der Waals surface area (Å²) >= 11 is 0. The SMILES string of the molecule is COc1ccccc1CCNCc1cccc(N)c1. The number of ether oxygens (including phenoxy) is 1. The summed E-state index contributed by atoms with van der Waals surface area (Å²) in [5.41, 5.74) is 8.99. The Labute approximate surface area is 114 Å². The van der Waals surface area contributed by atoms with Crippen LogP contribution in [-0.4, -0.2) is 13.7 Å². The largest absolute Gasteiger partial charge is 0.496 e. The Kier molecular flexibility index (Phi) is 4.81. The van der Waals surface area contributed by atoms with Crippen molar-refractivity contribution < 1.29 is 4.74 Å². The van der Waals surface area contributed by atoms with Gasteiger partial charge in [0.05, 0.1) is 7.11 Å². The molecular formula is C16H20N2O. The molecule has 0 aliphatic carbocycles. The number of nitrogens with one attached hydrogen (secondary N) is 1. The van der Waals surface area contributed by atoms with Crippen molar-refractivity contribution in [2.45, 2.75) is 13.0 Å². The Bertz CT molecular complexity index is 526. The van der Waals surface area contributed by atoms with E-state index in [0.717, 1.165) is 30.9 Å². The molecule has 2 rings (SSSR count). The van der Waals surface area contributed by atoms with Crippen LogP contribution in [0.2, 0.25) is 0 Å². The molecule has 0 amide bonds. The molecule has 0 atom stereocenters. The van der Waals surface area contributed by atoms with Crippen molar-refractivity contribution >= 4 is 5.69 Å². The minimum absolute atomic E-state index is 0.809. The number of anilines is 1. The highest BCUT2D eigenvalue weighted by molar-refractivity contribution is 5.40. The topological polar surface area (TPSA) is 47.3 Å². The molecule has 0 radical (unpaired) electrons. The number of rotatable bonds is 6. The summed E-state index contributed by atoms with van der Waals surface area (Å²) in [5, 5.41) is 3.42. The first-order chi connectivity index (χ1) is 9.29. The van der Waals surface area contributed by atoms with Gasteiger partial charge in [0.2, 0.25) is 0 Å². The van der Waals surface area contributed by atoms with Crippen LogP contribution in [0.4, 0.5) is 5.69 Å². The van der Waals surface area contributed by atoms with Gasteiger partial charge in [-0.25, -0.2) is 0 Å². The number of para-hydroxylation sites is 1. The van der Waals surface area contributed by atoms with Crippen molar-refractivity contribution in [3.8, 4) is 5.75 Å². The number of benzene rings is 2. The molecule has 0 aromatic heterocycles. The van der Waals surface area contributed by atoms with E-state index < -0.39 is 0 Å². The van der Waals surface area contributed by atoms with E-state index in [0.29, 0.717) is 0 Å². The zero-order valence-corrected chi connectivity index (χ0v) is 11.2. The maximum Gasteiger partial charge on any atom is 0.122 e. The molecule has 3 N–H and O–H groups in total. The first-order valence-corrected chi connectivity index (χ1v) is 6.46. The second-order valence-electron chi connectivity index (χ2n) is 4.48. The van der Waals surface area contributed by atoms with Gasteiger partial charge in [0.15, 0.2) is 0 Å². The highest BCUT2D eigenvalue weighted by Gasteiger charge is 2.00. The standard InChI is InChI=1S/C16H20N2O/c1-19-16-8-3-2-6-14(16)9-10-18-12-13-5-4-7-15(17)11-13/h2-8,11,18H,9-10,12,17H2,1H3. The van der Waals surface area contributed by atoms with E-state index in [1.807, 2.05) is 36.4 Å². The third-order valence-electron chi connectivity index (χ3n) is 3.04. The highest BCUT2D eigenvalue weighted by Crippen LogP contribution is 2.17. The van der Waals surface area contributed by atoms with Gasteiger partial charge in [-0.2, -0.15) is 0 Å². The molecular weight excluding hydrogens is 236 g/mol. The van der Waals surface area contributed by atoms with Crippen molar-refractivity contribution in [1.29, 1.82) is 0 Å². The number of nitrogen functional groups attached to an aromatic ring is 1. The highest BCUT2D eigenvalue weighted by atomic mass is 16.5. The normalized spacial score (nSPS) is 10.4. The summed E-state index contributed by atoms with van der Waals surface area (Å²) in [7, 11) is 1.71. The van der Waals surface area contributed by atoms with Crippen molar-refractivity contribution in [2.75, 3.05) is 19.4 Å². The van der Waals surface area contributed by atoms with E-state index >= 15 is 0 Å². The zero-order valence-electron chi connectivity index (χ0n) is 11.2. The molecule has 19 heavy (non-hydrogen) atoms. The van der Waals surface area contributed by atoms with E-state index in [2.05, 4.69) is 17.4 Å². The fourth-order valence-electron chi connectivity index (χ4n) is 2.07. The smallest absolute Gasteiger partial charge is 0.122 e. The molecule has 0 saturated carbocycles. The molecule has 3 heteroatoms. The summed E-state index contributed by atoms with van der Waals surface area (Å²) < 4.78 is 5.33. The van der Waals surface area contributed by atoms with Crippen LogP contribution in [-0.2, 0) is 13.0 Å². The Morgan fingerprint density at radius 1 is 1.11 bits per heavy atom. The van der Waals surface area contributed by atoms with E-state index in [4.69, 9.17) is 10.5 Å². The second kappa shape index (κ2) is 6.81. The summed E-state index contributed by atoms with van der Waals surface area (Å²) in [6.07, 6.45) is 0.951. The number of methoxy groups -OCH3 is 1. The van der Waals surface area contributed by atoms with Crippen LogP contribution >= 0.6 is 0 Å². The van der Waals surface area contributed by atoms with Crippen LogP contribution in [0.3, 0.4) is 0 Å². The first kappa shape index (κ1) is 13.4. The molecule has 3 nitrogen and oxygen atoms in total. The Morgan fingerprint density at radius 2 is 1.95 bits per heavy atom. The Hall–Kier alpha value is -2.00. The third kappa shape index (κ3) is 4.00. The molecule has 2 aromatic rings. The predicted molar refractivity (Wildman–Crippen MR) is 79.3 cm³/mol. The molecule has 2 aromatic carbocycles. The van der Waals surface area contributed by atoms with Crippen LogP contribution in [0, 0.1) is 0 Å². The van der Waals surface area contributed by atoms with Gasteiger partial charge in [-0.3, -0.25) is 0 Å². The minimum atomic E-state index is 0.809. The summed E-state index contributed by atoms with van der Waals surface area (Å²) in [4.78, 5) is 0. The first-order valence-electron chi connectivity index (χ1n) is 6.46. The molecule has 0 aliphatic heterocycles. The lowest BCUT2D eigenvalue weighted by molar-refractivity contribution is 0.409. The second-order valence-corrected chi connectivity index (χ2v) is 4.48. The number of hydrogen-bond donors (Lipinski definition) is 2. The van der Waals surface area contributed by atoms with Crippen molar-refractivity contribution in [2.24, 2.45) is 0 Å². The molecule has 100 valence electrons. The summed E-state index contributed by atoms with van der Waals surface area (Å²) in [6, 6.07) is 16.1. The van der Waals surface area contributed by atoms with E-state index in [-0.39, 0.29) is 0 Å². The lowest BCUT2D eigenvalue weighted by atomic mass is 10.1. The number of hydrogen-bond acceptors (Lipinski definition) is 3. The lowest BCUT2D eigenvalue weighted by Gasteiger charge is -2.09. The van der Waals surface area contributed by atoms with Crippen LogP contribution in [0.5, 0.6) is 5.75 Å². The predicted octanol–water partition coefficient (Wildman–Crippen LogP) is 2.61. The van der Waals surface area contributed by atoms with Gasteiger partial charge < -0.3 is 15.8 Å². The zero-order chi connectivity index (χ0) is 13.5.